The van der Waals surface area contributed by atoms with Gasteiger partial charge < -0.3 is 10.2 Å². The molecule has 0 aromatic carbocycles. The van der Waals surface area contributed by atoms with Gasteiger partial charge in [-0.2, -0.15) is 0 Å². The van der Waals surface area contributed by atoms with Crippen molar-refractivity contribution in [3.8, 4) is 0 Å². The number of nitrogens with zero attached hydrogens (tertiary/aromatic N) is 3. The van der Waals surface area contributed by atoms with E-state index in [0.29, 0.717) is 11.4 Å². The van der Waals surface area contributed by atoms with E-state index < -0.39 is 0 Å². The Labute approximate surface area is 113 Å². The summed E-state index contributed by atoms with van der Waals surface area (Å²) in [6, 6.07) is 1.91. The molecule has 0 spiro atoms. The van der Waals surface area contributed by atoms with Gasteiger partial charge in [0.25, 0.3) is 0 Å². The molecule has 1 aliphatic heterocycles. The molecule has 0 bridgehead atoms. The number of aryl methyl sites for hydroxylation is 1. The molecule has 19 heavy (non-hydrogen) atoms. The molecule has 6 nitrogen and oxygen atoms in total. The van der Waals surface area contributed by atoms with E-state index in [9.17, 15) is 10.1 Å². The first-order chi connectivity index (χ1) is 9.11. The largest absolute Gasteiger partial charge is 0.360 e. The van der Waals surface area contributed by atoms with Gasteiger partial charge >= 0.3 is 5.69 Å². The quantitative estimate of drug-likeness (QED) is 0.666. The molecule has 104 valence electrons. The average Bonchev–Trinajstić information content (AvgIpc) is 2.38. The molecule has 1 aliphatic rings. The molecule has 1 N–H and O–H groups in total. The number of likely N-dealkylation sites (N-methyl/N-ethyl adjacent to an activating group) is 1. The summed E-state index contributed by atoms with van der Waals surface area (Å²) >= 11 is 0. The lowest BCUT2D eigenvalue weighted by Gasteiger charge is -2.32. The SMILES string of the molecule is CCN1CCCC(Nc2nccc(C)c2[N+](=O)[O-])C1. The molecule has 0 radical (unpaired) electrons. The van der Waals surface area contributed by atoms with Crippen LogP contribution in [0.3, 0.4) is 0 Å². The molecule has 0 amide bonds. The van der Waals surface area contributed by atoms with Crippen molar-refractivity contribution < 1.29 is 4.92 Å². The minimum Gasteiger partial charge on any atom is -0.360 e. The van der Waals surface area contributed by atoms with Crippen LogP contribution in [0, 0.1) is 17.0 Å². The zero-order valence-electron chi connectivity index (χ0n) is 11.4. The summed E-state index contributed by atoms with van der Waals surface area (Å²) < 4.78 is 0. The maximum absolute atomic E-state index is 11.1. The number of likely N-dealkylation sites (tertiary alicyclic amines) is 1. The van der Waals surface area contributed by atoms with Crippen molar-refractivity contribution in [2.24, 2.45) is 0 Å². The highest BCUT2D eigenvalue weighted by atomic mass is 16.6. The number of rotatable bonds is 4. The number of pyridine rings is 1. The van der Waals surface area contributed by atoms with Crippen LogP contribution in [0.5, 0.6) is 0 Å². The van der Waals surface area contributed by atoms with Gasteiger partial charge in [-0.15, -0.1) is 0 Å². The van der Waals surface area contributed by atoms with E-state index in [1.54, 1.807) is 19.2 Å². The van der Waals surface area contributed by atoms with Crippen molar-refractivity contribution in [3.05, 3.63) is 27.9 Å². The third-order valence-corrected chi connectivity index (χ3v) is 3.60. The number of piperidine rings is 1. The van der Waals surface area contributed by atoms with Gasteiger partial charge in [-0.05, 0) is 38.9 Å². The van der Waals surface area contributed by atoms with Crippen molar-refractivity contribution in [1.82, 2.24) is 9.88 Å². The summed E-state index contributed by atoms with van der Waals surface area (Å²) in [5.41, 5.74) is 0.738. The average molecular weight is 264 g/mol. The second-order valence-electron chi connectivity index (χ2n) is 4.96. The van der Waals surface area contributed by atoms with Crippen molar-refractivity contribution >= 4 is 11.5 Å². The Morgan fingerprint density at radius 1 is 1.63 bits per heavy atom. The lowest BCUT2D eigenvalue weighted by atomic mass is 10.1. The Morgan fingerprint density at radius 2 is 2.42 bits per heavy atom. The summed E-state index contributed by atoms with van der Waals surface area (Å²) in [6.45, 7) is 6.92. The van der Waals surface area contributed by atoms with Gasteiger partial charge in [-0.3, -0.25) is 10.1 Å². The maximum Gasteiger partial charge on any atom is 0.314 e. The van der Waals surface area contributed by atoms with Crippen LogP contribution in [0.4, 0.5) is 11.5 Å². The lowest BCUT2D eigenvalue weighted by molar-refractivity contribution is -0.384. The monoisotopic (exact) mass is 264 g/mol. The predicted octanol–water partition coefficient (Wildman–Crippen LogP) is 2.19. The second-order valence-corrected chi connectivity index (χ2v) is 4.96. The summed E-state index contributed by atoms with van der Waals surface area (Å²) in [4.78, 5) is 17.2. The first-order valence-electron chi connectivity index (χ1n) is 6.70. The molecule has 1 fully saturated rings. The molecule has 1 unspecified atom stereocenters. The third-order valence-electron chi connectivity index (χ3n) is 3.60. The highest BCUT2D eigenvalue weighted by Gasteiger charge is 2.24. The van der Waals surface area contributed by atoms with Crippen LogP contribution in [0.25, 0.3) is 0 Å². The first kappa shape index (κ1) is 13.7. The molecule has 6 heteroatoms. The summed E-state index contributed by atoms with van der Waals surface area (Å²) in [7, 11) is 0. The maximum atomic E-state index is 11.1. The van der Waals surface area contributed by atoms with Gasteiger partial charge in [0.15, 0.2) is 0 Å². The van der Waals surface area contributed by atoms with E-state index in [4.69, 9.17) is 0 Å². The van der Waals surface area contributed by atoms with Crippen molar-refractivity contribution in [2.45, 2.75) is 32.7 Å². The molecule has 2 heterocycles. The van der Waals surface area contributed by atoms with Crippen molar-refractivity contribution in [2.75, 3.05) is 25.0 Å². The Morgan fingerprint density at radius 3 is 3.11 bits per heavy atom. The van der Waals surface area contributed by atoms with Crippen LogP contribution < -0.4 is 5.32 Å². The molecule has 1 aromatic heterocycles. The predicted molar refractivity (Wildman–Crippen MR) is 74.4 cm³/mol. The zero-order valence-corrected chi connectivity index (χ0v) is 11.4. The third kappa shape index (κ3) is 3.20. The van der Waals surface area contributed by atoms with Crippen LogP contribution in [-0.4, -0.2) is 40.5 Å². The smallest absolute Gasteiger partial charge is 0.314 e. The number of anilines is 1. The molecule has 0 saturated carbocycles. The minimum absolute atomic E-state index is 0.0936. The van der Waals surface area contributed by atoms with Crippen LogP contribution in [0.1, 0.15) is 25.3 Å². The fraction of sp³-hybridized carbons (Fsp3) is 0.615. The fourth-order valence-corrected chi connectivity index (χ4v) is 2.54. The molecule has 0 aliphatic carbocycles. The number of hydrogen-bond acceptors (Lipinski definition) is 5. The first-order valence-corrected chi connectivity index (χ1v) is 6.70. The second kappa shape index (κ2) is 5.97. The Balaban J connectivity index is 2.14. The van der Waals surface area contributed by atoms with Gasteiger partial charge in [0.05, 0.1) is 4.92 Å². The normalized spacial score (nSPS) is 20.2. The molecule has 2 rings (SSSR count). The summed E-state index contributed by atoms with van der Waals surface area (Å²) in [5, 5.41) is 14.4. The number of aromatic nitrogens is 1. The minimum atomic E-state index is -0.356. The summed E-state index contributed by atoms with van der Waals surface area (Å²) in [5.74, 6) is 0.396. The lowest BCUT2D eigenvalue weighted by Crippen LogP contribution is -2.42. The van der Waals surface area contributed by atoms with Crippen LogP contribution in [-0.2, 0) is 0 Å². The van der Waals surface area contributed by atoms with Crippen LogP contribution in [0.2, 0.25) is 0 Å². The van der Waals surface area contributed by atoms with Gasteiger partial charge in [0.1, 0.15) is 0 Å². The molecular weight excluding hydrogens is 244 g/mol. The van der Waals surface area contributed by atoms with Crippen molar-refractivity contribution in [1.29, 1.82) is 0 Å². The van der Waals surface area contributed by atoms with E-state index in [2.05, 4.69) is 22.1 Å². The zero-order chi connectivity index (χ0) is 13.8. The highest BCUT2D eigenvalue weighted by molar-refractivity contribution is 5.60. The van der Waals surface area contributed by atoms with E-state index in [0.717, 1.165) is 32.5 Å². The number of nitro groups is 1. The molecule has 1 saturated heterocycles. The number of hydrogen-bond donors (Lipinski definition) is 1. The Hall–Kier alpha value is -1.69. The standard InChI is InChI=1S/C13H20N4O2/c1-3-16-8-4-5-11(9-16)15-13-12(17(18)19)10(2)6-7-14-13/h6-7,11H,3-5,8-9H2,1-2H3,(H,14,15). The number of nitrogens with one attached hydrogen (secondary N) is 1. The Bertz CT molecular complexity index is 464. The van der Waals surface area contributed by atoms with Gasteiger partial charge in [0, 0.05) is 24.3 Å². The summed E-state index contributed by atoms with van der Waals surface area (Å²) in [6.07, 6.45) is 3.76. The van der Waals surface area contributed by atoms with Gasteiger partial charge in [0.2, 0.25) is 5.82 Å². The molecular formula is C13H20N4O2. The van der Waals surface area contributed by atoms with Crippen molar-refractivity contribution in [3.63, 3.8) is 0 Å². The van der Waals surface area contributed by atoms with Crippen LogP contribution in [0.15, 0.2) is 12.3 Å². The fourth-order valence-electron chi connectivity index (χ4n) is 2.54. The Kier molecular flexibility index (Phi) is 4.31. The van der Waals surface area contributed by atoms with Gasteiger partial charge in [-0.1, -0.05) is 6.92 Å². The van der Waals surface area contributed by atoms with Gasteiger partial charge in [-0.25, -0.2) is 4.98 Å². The molecule has 1 aromatic rings. The molecule has 1 atom stereocenters. The van der Waals surface area contributed by atoms with Crippen LogP contribution >= 0.6 is 0 Å². The highest BCUT2D eigenvalue weighted by Crippen LogP contribution is 2.27. The van der Waals surface area contributed by atoms with E-state index in [-0.39, 0.29) is 16.7 Å². The topological polar surface area (TPSA) is 71.3 Å². The van der Waals surface area contributed by atoms with E-state index in [1.165, 1.54) is 0 Å². The van der Waals surface area contributed by atoms with E-state index in [1.807, 2.05) is 0 Å². The van der Waals surface area contributed by atoms with E-state index >= 15 is 0 Å².